The van der Waals surface area contributed by atoms with Crippen molar-refractivity contribution in [3.8, 4) is 0 Å². The standard InChI is InChI=1S/C13H19N3O4S/c1-7-3-9(21(15,18)19)4-12(8(7)2)16-13(17)10-5-20-6-11(10)14/h3-4,10-11H,5-6,14H2,1-2H3,(H,16,17)(H2,15,18,19). The molecule has 7 nitrogen and oxygen atoms in total. The summed E-state index contributed by atoms with van der Waals surface area (Å²) in [7, 11) is -3.83. The van der Waals surface area contributed by atoms with E-state index in [0.717, 1.165) is 11.1 Å². The molecule has 1 saturated heterocycles. The summed E-state index contributed by atoms with van der Waals surface area (Å²) in [6.45, 7) is 4.15. The van der Waals surface area contributed by atoms with E-state index in [1.165, 1.54) is 12.1 Å². The van der Waals surface area contributed by atoms with E-state index in [4.69, 9.17) is 15.6 Å². The summed E-state index contributed by atoms with van der Waals surface area (Å²) < 4.78 is 28.1. The van der Waals surface area contributed by atoms with Crippen LogP contribution in [0.4, 0.5) is 5.69 Å². The molecule has 0 radical (unpaired) electrons. The molecule has 1 amide bonds. The smallest absolute Gasteiger partial charge is 0.238 e. The minimum atomic E-state index is -3.83. The monoisotopic (exact) mass is 313 g/mol. The van der Waals surface area contributed by atoms with Crippen LogP contribution in [0.1, 0.15) is 11.1 Å². The van der Waals surface area contributed by atoms with Gasteiger partial charge >= 0.3 is 0 Å². The van der Waals surface area contributed by atoms with Crippen LogP contribution < -0.4 is 16.2 Å². The lowest BCUT2D eigenvalue weighted by molar-refractivity contribution is -0.120. The first kappa shape index (κ1) is 15.9. The summed E-state index contributed by atoms with van der Waals surface area (Å²) in [6.07, 6.45) is 0. The number of hydrogen-bond donors (Lipinski definition) is 3. The number of ether oxygens (including phenoxy) is 1. The lowest BCUT2D eigenvalue weighted by Gasteiger charge is -2.16. The van der Waals surface area contributed by atoms with Gasteiger partial charge in [0.1, 0.15) is 0 Å². The van der Waals surface area contributed by atoms with Gasteiger partial charge in [0, 0.05) is 11.7 Å². The quantitative estimate of drug-likeness (QED) is 0.716. The minimum Gasteiger partial charge on any atom is -0.379 e. The van der Waals surface area contributed by atoms with E-state index in [2.05, 4.69) is 5.32 Å². The highest BCUT2D eigenvalue weighted by Crippen LogP contribution is 2.25. The molecule has 5 N–H and O–H groups in total. The highest BCUT2D eigenvalue weighted by molar-refractivity contribution is 7.89. The molecule has 2 rings (SSSR count). The average Bonchev–Trinajstić information content (AvgIpc) is 2.79. The fraction of sp³-hybridized carbons (Fsp3) is 0.462. The molecule has 1 aromatic carbocycles. The maximum absolute atomic E-state index is 12.2. The number of sulfonamides is 1. The fourth-order valence-corrected chi connectivity index (χ4v) is 2.81. The van der Waals surface area contributed by atoms with Gasteiger partial charge in [-0.1, -0.05) is 0 Å². The van der Waals surface area contributed by atoms with Gasteiger partial charge in [-0.15, -0.1) is 0 Å². The van der Waals surface area contributed by atoms with Crippen molar-refractivity contribution >= 4 is 21.6 Å². The number of primary sulfonamides is 1. The zero-order valence-corrected chi connectivity index (χ0v) is 12.7. The molecule has 116 valence electrons. The van der Waals surface area contributed by atoms with E-state index < -0.39 is 15.9 Å². The second-order valence-electron chi connectivity index (χ2n) is 5.25. The Kier molecular flexibility index (Phi) is 4.33. The van der Waals surface area contributed by atoms with E-state index in [-0.39, 0.29) is 23.5 Å². The molecule has 0 spiro atoms. The molecule has 1 aromatic rings. The number of amides is 1. The number of aryl methyl sites for hydroxylation is 1. The average molecular weight is 313 g/mol. The van der Waals surface area contributed by atoms with E-state index in [0.29, 0.717) is 12.3 Å². The third kappa shape index (κ3) is 3.41. The normalized spacial score (nSPS) is 22.3. The molecular weight excluding hydrogens is 294 g/mol. The highest BCUT2D eigenvalue weighted by Gasteiger charge is 2.31. The first-order valence-electron chi connectivity index (χ1n) is 6.48. The number of nitrogens with two attached hydrogens (primary N) is 2. The number of carbonyl (C=O) groups is 1. The van der Waals surface area contributed by atoms with Gasteiger partial charge in [-0.2, -0.15) is 0 Å². The van der Waals surface area contributed by atoms with Crippen molar-refractivity contribution in [2.24, 2.45) is 16.8 Å². The molecule has 8 heteroatoms. The van der Waals surface area contributed by atoms with Crippen molar-refractivity contribution in [1.29, 1.82) is 0 Å². The number of nitrogens with one attached hydrogen (secondary N) is 1. The number of carbonyl (C=O) groups excluding carboxylic acids is 1. The maximum atomic E-state index is 12.2. The van der Waals surface area contributed by atoms with Gasteiger partial charge in [-0.3, -0.25) is 4.79 Å². The van der Waals surface area contributed by atoms with Crippen LogP contribution in [0, 0.1) is 19.8 Å². The van der Waals surface area contributed by atoms with Gasteiger partial charge in [0.15, 0.2) is 0 Å². The Morgan fingerprint density at radius 1 is 1.33 bits per heavy atom. The summed E-state index contributed by atoms with van der Waals surface area (Å²) in [5.41, 5.74) is 7.73. The summed E-state index contributed by atoms with van der Waals surface area (Å²) in [5.74, 6) is -0.725. The van der Waals surface area contributed by atoms with E-state index in [1.54, 1.807) is 13.8 Å². The lowest BCUT2D eigenvalue weighted by Crippen LogP contribution is -2.37. The van der Waals surface area contributed by atoms with Crippen molar-refractivity contribution in [2.45, 2.75) is 24.8 Å². The van der Waals surface area contributed by atoms with Crippen LogP contribution in [-0.4, -0.2) is 33.6 Å². The largest absolute Gasteiger partial charge is 0.379 e. The Hall–Kier alpha value is -1.48. The molecule has 21 heavy (non-hydrogen) atoms. The summed E-state index contributed by atoms with van der Waals surface area (Å²) in [4.78, 5) is 12.2. The summed E-state index contributed by atoms with van der Waals surface area (Å²) in [6, 6.07) is 2.48. The van der Waals surface area contributed by atoms with Crippen LogP contribution in [0.25, 0.3) is 0 Å². The number of benzene rings is 1. The van der Waals surface area contributed by atoms with E-state index in [9.17, 15) is 13.2 Å². The van der Waals surface area contributed by atoms with Crippen LogP contribution >= 0.6 is 0 Å². The van der Waals surface area contributed by atoms with Crippen molar-refractivity contribution in [2.75, 3.05) is 18.5 Å². The Labute approximate surface area is 123 Å². The van der Waals surface area contributed by atoms with Crippen LogP contribution in [0.15, 0.2) is 17.0 Å². The zero-order chi connectivity index (χ0) is 15.8. The van der Waals surface area contributed by atoms with E-state index >= 15 is 0 Å². The first-order valence-corrected chi connectivity index (χ1v) is 8.03. The zero-order valence-electron chi connectivity index (χ0n) is 11.9. The summed E-state index contributed by atoms with van der Waals surface area (Å²) in [5, 5.41) is 7.86. The molecule has 1 fully saturated rings. The molecule has 0 bridgehead atoms. The predicted octanol–water partition coefficient (Wildman–Crippen LogP) is -0.137. The highest BCUT2D eigenvalue weighted by atomic mass is 32.2. The summed E-state index contributed by atoms with van der Waals surface area (Å²) >= 11 is 0. The Balaban J connectivity index is 2.31. The lowest BCUT2D eigenvalue weighted by atomic mass is 10.0. The third-order valence-electron chi connectivity index (χ3n) is 3.69. The van der Waals surface area contributed by atoms with Gasteiger partial charge < -0.3 is 15.8 Å². The predicted molar refractivity (Wildman–Crippen MR) is 78.2 cm³/mol. The van der Waals surface area contributed by atoms with Gasteiger partial charge in [-0.25, -0.2) is 13.6 Å². The van der Waals surface area contributed by atoms with Crippen LogP contribution in [0.5, 0.6) is 0 Å². The second kappa shape index (κ2) is 5.72. The minimum absolute atomic E-state index is 0.0344. The SMILES string of the molecule is Cc1cc(S(N)(=O)=O)cc(NC(=O)C2COCC2N)c1C. The molecule has 0 aromatic heterocycles. The molecule has 0 aliphatic carbocycles. The van der Waals surface area contributed by atoms with Gasteiger partial charge in [0.25, 0.3) is 0 Å². The molecule has 1 aliphatic heterocycles. The van der Waals surface area contributed by atoms with Crippen LogP contribution in [0.3, 0.4) is 0 Å². The van der Waals surface area contributed by atoms with E-state index in [1.807, 2.05) is 0 Å². The second-order valence-corrected chi connectivity index (χ2v) is 6.82. The topological polar surface area (TPSA) is 125 Å². The number of anilines is 1. The Bertz CT molecular complexity index is 672. The Morgan fingerprint density at radius 2 is 2.00 bits per heavy atom. The molecule has 2 atom stereocenters. The van der Waals surface area contributed by atoms with Gasteiger partial charge in [0.2, 0.25) is 15.9 Å². The molecule has 1 heterocycles. The van der Waals surface area contributed by atoms with Crippen molar-refractivity contribution in [3.63, 3.8) is 0 Å². The van der Waals surface area contributed by atoms with Crippen molar-refractivity contribution in [3.05, 3.63) is 23.3 Å². The van der Waals surface area contributed by atoms with Crippen molar-refractivity contribution in [1.82, 2.24) is 0 Å². The molecule has 2 unspecified atom stereocenters. The number of hydrogen-bond acceptors (Lipinski definition) is 5. The number of rotatable bonds is 3. The fourth-order valence-electron chi connectivity index (χ4n) is 2.19. The van der Waals surface area contributed by atoms with Gasteiger partial charge in [0.05, 0.1) is 24.0 Å². The molecule has 1 aliphatic rings. The molecular formula is C13H19N3O4S. The maximum Gasteiger partial charge on any atom is 0.238 e. The molecule has 0 saturated carbocycles. The van der Waals surface area contributed by atoms with Crippen molar-refractivity contribution < 1.29 is 17.9 Å². The third-order valence-corrected chi connectivity index (χ3v) is 4.58. The van der Waals surface area contributed by atoms with Gasteiger partial charge in [-0.05, 0) is 37.1 Å². The van der Waals surface area contributed by atoms with Crippen LogP contribution in [-0.2, 0) is 19.6 Å². The Morgan fingerprint density at radius 3 is 2.52 bits per heavy atom. The first-order chi connectivity index (χ1) is 9.70. The van der Waals surface area contributed by atoms with Crippen LogP contribution in [0.2, 0.25) is 0 Å².